The van der Waals surface area contributed by atoms with Gasteiger partial charge in [-0.2, -0.15) is 4.98 Å². The van der Waals surface area contributed by atoms with Crippen LogP contribution in [-0.4, -0.2) is 26.8 Å². The van der Waals surface area contributed by atoms with Crippen LogP contribution in [0.5, 0.6) is 0 Å². The number of rotatable bonds is 6. The van der Waals surface area contributed by atoms with Crippen molar-refractivity contribution in [3.05, 3.63) is 71.4 Å². The standard InChI is InChI=1S/C20H18N4O3/c1-12-11-18(23-17-6-4-3-5-16(17)19(26)27)24-20(21-12)22-15-9-7-14(8-10-15)13(2)25/h3-11H,1-2H3,(H,26,27)(H2,21,22,23,24). The van der Waals surface area contributed by atoms with Gasteiger partial charge in [-0.05, 0) is 50.2 Å². The third-order valence-corrected chi connectivity index (χ3v) is 3.82. The Morgan fingerprint density at radius 2 is 1.67 bits per heavy atom. The van der Waals surface area contributed by atoms with Crippen molar-refractivity contribution >= 4 is 34.9 Å². The van der Waals surface area contributed by atoms with Crippen LogP contribution in [0.25, 0.3) is 0 Å². The second kappa shape index (κ2) is 7.65. The SMILES string of the molecule is CC(=O)c1ccc(Nc2nc(C)cc(Nc3ccccc3C(=O)O)n2)cc1. The van der Waals surface area contributed by atoms with Gasteiger partial charge in [-0.25, -0.2) is 9.78 Å². The molecule has 0 radical (unpaired) electrons. The number of anilines is 4. The summed E-state index contributed by atoms with van der Waals surface area (Å²) in [7, 11) is 0. The molecule has 0 aliphatic carbocycles. The van der Waals surface area contributed by atoms with Crippen molar-refractivity contribution in [3.63, 3.8) is 0 Å². The molecule has 0 atom stereocenters. The average molecular weight is 362 g/mol. The van der Waals surface area contributed by atoms with Crippen LogP contribution in [0.2, 0.25) is 0 Å². The van der Waals surface area contributed by atoms with E-state index in [-0.39, 0.29) is 11.3 Å². The minimum Gasteiger partial charge on any atom is -0.478 e. The number of carbonyl (C=O) groups excluding carboxylic acids is 1. The number of benzene rings is 2. The zero-order valence-electron chi connectivity index (χ0n) is 14.9. The Labute approximate surface area is 156 Å². The molecule has 27 heavy (non-hydrogen) atoms. The molecule has 3 N–H and O–H groups in total. The predicted octanol–water partition coefficient (Wildman–Crippen LogP) is 4.17. The number of carbonyl (C=O) groups is 2. The maximum Gasteiger partial charge on any atom is 0.337 e. The van der Waals surface area contributed by atoms with E-state index in [2.05, 4.69) is 20.6 Å². The van der Waals surface area contributed by atoms with Crippen molar-refractivity contribution in [2.45, 2.75) is 13.8 Å². The first kappa shape index (κ1) is 18.1. The van der Waals surface area contributed by atoms with Gasteiger partial charge < -0.3 is 15.7 Å². The summed E-state index contributed by atoms with van der Waals surface area (Å²) in [6.07, 6.45) is 0. The summed E-state index contributed by atoms with van der Waals surface area (Å²) >= 11 is 0. The number of aromatic carboxylic acids is 1. The van der Waals surface area contributed by atoms with Gasteiger partial charge in [0.15, 0.2) is 5.78 Å². The van der Waals surface area contributed by atoms with Crippen LogP contribution in [0.15, 0.2) is 54.6 Å². The molecular weight excluding hydrogens is 344 g/mol. The first-order valence-corrected chi connectivity index (χ1v) is 8.25. The largest absolute Gasteiger partial charge is 0.478 e. The van der Waals surface area contributed by atoms with Crippen LogP contribution >= 0.6 is 0 Å². The summed E-state index contributed by atoms with van der Waals surface area (Å²) in [5.41, 5.74) is 2.67. The Bertz CT molecular complexity index is 1000. The van der Waals surface area contributed by atoms with Crippen LogP contribution in [0, 0.1) is 6.92 Å². The lowest BCUT2D eigenvalue weighted by Gasteiger charge is -2.11. The zero-order valence-corrected chi connectivity index (χ0v) is 14.9. The van der Waals surface area contributed by atoms with E-state index in [0.717, 1.165) is 5.69 Å². The van der Waals surface area contributed by atoms with Crippen LogP contribution in [0.4, 0.5) is 23.1 Å². The first-order chi connectivity index (χ1) is 12.9. The van der Waals surface area contributed by atoms with Gasteiger partial charge in [-0.15, -0.1) is 0 Å². The number of nitrogens with zero attached hydrogens (tertiary/aromatic N) is 2. The van der Waals surface area contributed by atoms with Crippen molar-refractivity contribution in [3.8, 4) is 0 Å². The molecule has 7 heteroatoms. The summed E-state index contributed by atoms with van der Waals surface area (Å²) < 4.78 is 0. The van der Waals surface area contributed by atoms with Gasteiger partial charge in [0.25, 0.3) is 0 Å². The minimum atomic E-state index is -1.02. The summed E-state index contributed by atoms with van der Waals surface area (Å²) in [6, 6.07) is 15.3. The van der Waals surface area contributed by atoms with Crippen molar-refractivity contribution in [1.29, 1.82) is 0 Å². The van der Waals surface area contributed by atoms with Crippen LogP contribution in [0.1, 0.15) is 33.3 Å². The molecule has 0 bridgehead atoms. The number of aryl methyl sites for hydroxylation is 1. The fourth-order valence-corrected chi connectivity index (χ4v) is 2.52. The fourth-order valence-electron chi connectivity index (χ4n) is 2.52. The topological polar surface area (TPSA) is 104 Å². The first-order valence-electron chi connectivity index (χ1n) is 8.25. The average Bonchev–Trinajstić information content (AvgIpc) is 2.62. The number of aromatic nitrogens is 2. The highest BCUT2D eigenvalue weighted by Crippen LogP contribution is 2.22. The van der Waals surface area contributed by atoms with Gasteiger partial charge in [0.05, 0.1) is 11.3 Å². The quantitative estimate of drug-likeness (QED) is 0.565. The maximum atomic E-state index is 11.4. The molecule has 136 valence electrons. The van der Waals surface area contributed by atoms with Crippen molar-refractivity contribution < 1.29 is 14.7 Å². The number of nitrogens with one attached hydrogen (secondary N) is 2. The van der Waals surface area contributed by atoms with Gasteiger partial charge >= 0.3 is 5.97 Å². The summed E-state index contributed by atoms with van der Waals surface area (Å²) in [6.45, 7) is 3.33. The molecule has 2 aromatic carbocycles. The van der Waals surface area contributed by atoms with E-state index in [1.165, 1.54) is 13.0 Å². The third kappa shape index (κ3) is 4.46. The minimum absolute atomic E-state index is 0.00284. The molecule has 1 heterocycles. The Hall–Kier alpha value is -3.74. The third-order valence-electron chi connectivity index (χ3n) is 3.82. The highest BCUT2D eigenvalue weighted by molar-refractivity contribution is 5.95. The maximum absolute atomic E-state index is 11.4. The monoisotopic (exact) mass is 362 g/mol. The normalized spacial score (nSPS) is 10.3. The van der Waals surface area contributed by atoms with E-state index in [1.54, 1.807) is 48.5 Å². The Morgan fingerprint density at radius 1 is 0.963 bits per heavy atom. The van der Waals surface area contributed by atoms with Gasteiger partial charge in [0.2, 0.25) is 5.95 Å². The van der Waals surface area contributed by atoms with E-state index >= 15 is 0 Å². The van der Waals surface area contributed by atoms with Gasteiger partial charge in [0.1, 0.15) is 5.82 Å². The van der Waals surface area contributed by atoms with E-state index in [0.29, 0.717) is 28.7 Å². The molecule has 3 aromatic rings. The lowest BCUT2D eigenvalue weighted by Crippen LogP contribution is -2.06. The molecule has 1 aromatic heterocycles. The molecule has 0 aliphatic rings. The predicted molar refractivity (Wildman–Crippen MR) is 103 cm³/mol. The van der Waals surface area contributed by atoms with Crippen LogP contribution < -0.4 is 10.6 Å². The lowest BCUT2D eigenvalue weighted by atomic mass is 10.1. The van der Waals surface area contributed by atoms with Gasteiger partial charge in [-0.1, -0.05) is 12.1 Å². The van der Waals surface area contributed by atoms with Gasteiger partial charge in [-0.3, -0.25) is 4.79 Å². The highest BCUT2D eigenvalue weighted by atomic mass is 16.4. The number of hydrogen-bond donors (Lipinski definition) is 3. The van der Waals surface area contributed by atoms with Crippen molar-refractivity contribution in [2.24, 2.45) is 0 Å². The van der Waals surface area contributed by atoms with E-state index in [9.17, 15) is 14.7 Å². The molecule has 7 nitrogen and oxygen atoms in total. The number of carboxylic acids is 1. The molecule has 0 amide bonds. The van der Waals surface area contributed by atoms with Gasteiger partial charge in [0, 0.05) is 23.0 Å². The molecule has 0 fully saturated rings. The molecule has 0 saturated carbocycles. The molecule has 0 aliphatic heterocycles. The summed E-state index contributed by atoms with van der Waals surface area (Å²) in [5.74, 6) is -0.190. The number of Topliss-reactive ketones (excluding diaryl/α,β-unsaturated/α-hetero) is 1. The second-order valence-corrected chi connectivity index (χ2v) is 5.95. The molecule has 3 rings (SSSR count). The number of carboxylic acid groups (broad SMARTS) is 1. The van der Waals surface area contributed by atoms with Crippen molar-refractivity contribution in [2.75, 3.05) is 10.6 Å². The van der Waals surface area contributed by atoms with E-state index < -0.39 is 5.97 Å². The lowest BCUT2D eigenvalue weighted by molar-refractivity contribution is 0.0697. The van der Waals surface area contributed by atoms with Crippen LogP contribution in [-0.2, 0) is 0 Å². The number of hydrogen-bond acceptors (Lipinski definition) is 6. The Morgan fingerprint density at radius 3 is 2.33 bits per heavy atom. The van der Waals surface area contributed by atoms with Crippen molar-refractivity contribution in [1.82, 2.24) is 9.97 Å². The number of para-hydroxylation sites is 1. The molecule has 0 saturated heterocycles. The molecular formula is C20H18N4O3. The Kier molecular flexibility index (Phi) is 5.12. The smallest absolute Gasteiger partial charge is 0.337 e. The highest BCUT2D eigenvalue weighted by Gasteiger charge is 2.11. The fraction of sp³-hybridized carbons (Fsp3) is 0.100. The zero-order chi connectivity index (χ0) is 19.4. The summed E-state index contributed by atoms with van der Waals surface area (Å²) in [5, 5.41) is 15.4. The van der Waals surface area contributed by atoms with E-state index in [4.69, 9.17) is 0 Å². The number of ketones is 1. The Balaban J connectivity index is 1.84. The molecule has 0 spiro atoms. The second-order valence-electron chi connectivity index (χ2n) is 5.95. The van der Waals surface area contributed by atoms with Crippen LogP contribution in [0.3, 0.4) is 0 Å². The van der Waals surface area contributed by atoms with E-state index in [1.807, 2.05) is 6.92 Å². The summed E-state index contributed by atoms with van der Waals surface area (Å²) in [4.78, 5) is 31.4. The molecule has 0 unspecified atom stereocenters.